The Hall–Kier alpha value is -2.67. The largest absolute Gasteiger partial charge is 0.482 e. The van der Waals surface area contributed by atoms with E-state index in [1.54, 1.807) is 18.3 Å². The lowest BCUT2D eigenvalue weighted by atomic mass is 10.2. The number of aliphatic carboxylic acids is 1. The molecule has 2 rings (SSSR count). The highest BCUT2D eigenvalue weighted by atomic mass is 16.5. The summed E-state index contributed by atoms with van der Waals surface area (Å²) in [5.74, 6) is -0.451. The minimum atomic E-state index is -0.992. The van der Waals surface area contributed by atoms with E-state index in [4.69, 9.17) is 14.6 Å². The summed E-state index contributed by atoms with van der Waals surface area (Å²) in [6.07, 6.45) is 1.67. The first-order valence-corrected chi connectivity index (χ1v) is 7.05. The quantitative estimate of drug-likeness (QED) is 0.791. The van der Waals surface area contributed by atoms with Gasteiger partial charge in [-0.25, -0.2) is 9.78 Å². The molecule has 0 atom stereocenters. The molecule has 0 amide bonds. The topological polar surface area (TPSA) is 84.8 Å². The number of hydrogen-bond acceptors (Lipinski definition) is 6. The number of nitrogens with zero attached hydrogens (tertiary/aromatic N) is 3. The molecule has 0 unspecified atom stereocenters. The highest BCUT2D eigenvalue weighted by Gasteiger charge is 2.05. The van der Waals surface area contributed by atoms with Crippen LogP contribution in [-0.4, -0.2) is 46.7 Å². The van der Waals surface area contributed by atoms with Crippen LogP contribution in [0.1, 0.15) is 11.3 Å². The molecule has 0 bridgehead atoms. The third-order valence-electron chi connectivity index (χ3n) is 3.04. The summed E-state index contributed by atoms with van der Waals surface area (Å²) < 4.78 is 10.1. The van der Waals surface area contributed by atoms with Gasteiger partial charge in [-0.05, 0) is 30.8 Å². The lowest BCUT2D eigenvalue weighted by Crippen LogP contribution is -2.18. The maximum Gasteiger partial charge on any atom is 0.341 e. The van der Waals surface area contributed by atoms with Gasteiger partial charge in [-0.1, -0.05) is 12.1 Å². The first-order valence-electron chi connectivity index (χ1n) is 7.05. The summed E-state index contributed by atoms with van der Waals surface area (Å²) in [5, 5.41) is 8.57. The van der Waals surface area contributed by atoms with Gasteiger partial charge in [-0.2, -0.15) is 4.98 Å². The van der Waals surface area contributed by atoms with Gasteiger partial charge >= 0.3 is 12.0 Å². The van der Waals surface area contributed by atoms with Crippen molar-refractivity contribution in [2.24, 2.45) is 0 Å². The van der Waals surface area contributed by atoms with Gasteiger partial charge in [-0.3, -0.25) is 4.90 Å². The van der Waals surface area contributed by atoms with Crippen LogP contribution >= 0.6 is 0 Å². The molecular weight excluding hydrogens is 298 g/mol. The molecule has 7 heteroatoms. The first-order chi connectivity index (χ1) is 11.1. The van der Waals surface area contributed by atoms with Crippen molar-refractivity contribution in [1.82, 2.24) is 14.9 Å². The minimum absolute atomic E-state index is 0.338. The van der Waals surface area contributed by atoms with Crippen LogP contribution in [0.3, 0.4) is 0 Å². The summed E-state index contributed by atoms with van der Waals surface area (Å²) in [7, 11) is 3.53. The molecule has 0 spiro atoms. The number of carbonyl (C=O) groups is 1. The van der Waals surface area contributed by atoms with Crippen molar-refractivity contribution in [3.05, 3.63) is 47.8 Å². The van der Waals surface area contributed by atoms with Gasteiger partial charge in [0.25, 0.3) is 0 Å². The van der Waals surface area contributed by atoms with Crippen molar-refractivity contribution in [2.75, 3.05) is 20.8 Å². The van der Waals surface area contributed by atoms with Crippen molar-refractivity contribution < 1.29 is 19.4 Å². The van der Waals surface area contributed by atoms with Crippen LogP contribution in [-0.2, 0) is 17.9 Å². The third-order valence-corrected chi connectivity index (χ3v) is 3.04. The fourth-order valence-electron chi connectivity index (χ4n) is 2.04. The number of methoxy groups -OCH3 is 1. The normalized spacial score (nSPS) is 10.6. The molecule has 1 N–H and O–H groups in total. The van der Waals surface area contributed by atoms with Crippen molar-refractivity contribution in [3.8, 4) is 11.8 Å². The van der Waals surface area contributed by atoms with Crippen molar-refractivity contribution >= 4 is 5.97 Å². The zero-order chi connectivity index (χ0) is 16.7. The molecule has 0 saturated carbocycles. The van der Waals surface area contributed by atoms with Crippen LogP contribution in [0, 0.1) is 0 Å². The van der Waals surface area contributed by atoms with Crippen LogP contribution < -0.4 is 9.47 Å². The second-order valence-electron chi connectivity index (χ2n) is 5.03. The van der Waals surface area contributed by atoms with E-state index in [9.17, 15) is 4.79 Å². The number of ether oxygens (including phenoxy) is 2. The predicted octanol–water partition coefficient (Wildman–Crippen LogP) is 1.58. The van der Waals surface area contributed by atoms with Crippen LogP contribution in [0.4, 0.5) is 0 Å². The van der Waals surface area contributed by atoms with Gasteiger partial charge in [0.15, 0.2) is 6.61 Å². The molecule has 0 fully saturated rings. The van der Waals surface area contributed by atoms with E-state index >= 15 is 0 Å². The van der Waals surface area contributed by atoms with E-state index in [2.05, 4.69) is 14.9 Å². The van der Waals surface area contributed by atoms with Gasteiger partial charge in [0.1, 0.15) is 5.75 Å². The van der Waals surface area contributed by atoms with E-state index in [1.807, 2.05) is 25.2 Å². The minimum Gasteiger partial charge on any atom is -0.482 e. The highest BCUT2D eigenvalue weighted by Crippen LogP contribution is 2.14. The zero-order valence-corrected chi connectivity index (χ0v) is 13.1. The number of hydrogen-bond donors (Lipinski definition) is 1. The van der Waals surface area contributed by atoms with E-state index < -0.39 is 5.97 Å². The Kier molecular flexibility index (Phi) is 5.87. The number of carboxylic acids is 1. The average Bonchev–Trinajstić information content (AvgIpc) is 2.54. The number of rotatable bonds is 8. The van der Waals surface area contributed by atoms with E-state index in [0.29, 0.717) is 18.3 Å². The van der Waals surface area contributed by atoms with Crippen molar-refractivity contribution in [1.29, 1.82) is 0 Å². The Bertz CT molecular complexity index is 646. The van der Waals surface area contributed by atoms with Crippen LogP contribution in [0.15, 0.2) is 36.5 Å². The lowest BCUT2D eigenvalue weighted by molar-refractivity contribution is -0.139. The van der Waals surface area contributed by atoms with E-state index in [-0.39, 0.29) is 6.61 Å². The van der Waals surface area contributed by atoms with E-state index in [0.717, 1.165) is 17.8 Å². The molecule has 0 radical (unpaired) electrons. The van der Waals surface area contributed by atoms with Gasteiger partial charge in [-0.15, -0.1) is 0 Å². The van der Waals surface area contributed by atoms with Gasteiger partial charge < -0.3 is 14.6 Å². The standard InChI is InChI=1S/C16H19N3O4/c1-19(10-13-7-8-17-16(18-13)22-2)9-12-3-5-14(6-4-12)23-11-15(20)21/h3-8H,9-11H2,1-2H3,(H,20,21). The summed E-state index contributed by atoms with van der Waals surface area (Å²) in [6, 6.07) is 9.56. The number of carboxylic acid groups (broad SMARTS) is 1. The molecule has 0 aliphatic carbocycles. The molecule has 0 aliphatic rings. The van der Waals surface area contributed by atoms with E-state index in [1.165, 1.54) is 7.11 Å². The van der Waals surface area contributed by atoms with Crippen LogP contribution in [0.25, 0.3) is 0 Å². The molecule has 1 aromatic carbocycles. The fraction of sp³-hybridized carbons (Fsp3) is 0.312. The van der Waals surface area contributed by atoms with Gasteiger partial charge in [0, 0.05) is 19.3 Å². The molecular formula is C16H19N3O4. The maximum atomic E-state index is 10.5. The molecule has 2 aromatic rings. The molecule has 1 aromatic heterocycles. The Morgan fingerprint density at radius 1 is 1.22 bits per heavy atom. The maximum absolute atomic E-state index is 10.5. The summed E-state index contributed by atoms with van der Waals surface area (Å²) in [6.45, 7) is 1.05. The smallest absolute Gasteiger partial charge is 0.341 e. The van der Waals surface area contributed by atoms with Gasteiger partial charge in [0.2, 0.25) is 0 Å². The lowest BCUT2D eigenvalue weighted by Gasteiger charge is -2.16. The molecule has 0 aliphatic heterocycles. The molecule has 7 nitrogen and oxygen atoms in total. The Labute approximate surface area is 134 Å². The monoisotopic (exact) mass is 317 g/mol. The Balaban J connectivity index is 1.89. The van der Waals surface area contributed by atoms with Crippen LogP contribution in [0.5, 0.6) is 11.8 Å². The zero-order valence-electron chi connectivity index (χ0n) is 13.1. The number of aromatic nitrogens is 2. The Morgan fingerprint density at radius 3 is 2.61 bits per heavy atom. The highest BCUT2D eigenvalue weighted by molar-refractivity contribution is 5.68. The van der Waals surface area contributed by atoms with Gasteiger partial charge in [0.05, 0.1) is 12.8 Å². The molecule has 1 heterocycles. The van der Waals surface area contributed by atoms with Crippen molar-refractivity contribution in [3.63, 3.8) is 0 Å². The average molecular weight is 317 g/mol. The number of benzene rings is 1. The van der Waals surface area contributed by atoms with Crippen molar-refractivity contribution in [2.45, 2.75) is 13.1 Å². The SMILES string of the molecule is COc1nccc(CN(C)Cc2ccc(OCC(=O)O)cc2)n1. The Morgan fingerprint density at radius 2 is 1.96 bits per heavy atom. The summed E-state index contributed by atoms with van der Waals surface area (Å²) >= 11 is 0. The molecule has 0 saturated heterocycles. The predicted molar refractivity (Wildman–Crippen MR) is 83.3 cm³/mol. The first kappa shape index (κ1) is 16.7. The third kappa shape index (κ3) is 5.55. The van der Waals surface area contributed by atoms with Crippen LogP contribution in [0.2, 0.25) is 0 Å². The summed E-state index contributed by atoms with van der Waals surface area (Å²) in [5.41, 5.74) is 1.97. The second kappa shape index (κ2) is 8.09. The fourth-order valence-corrected chi connectivity index (χ4v) is 2.04. The molecule has 23 heavy (non-hydrogen) atoms. The molecule has 122 valence electrons. The summed E-state index contributed by atoms with van der Waals surface area (Å²) in [4.78, 5) is 20.8. The second-order valence-corrected chi connectivity index (χ2v) is 5.03.